The topological polar surface area (TPSA) is 44.7 Å². The number of amides is 1. The molecular formula is C23H16ClN3OS2. The quantitative estimate of drug-likeness (QED) is 0.378. The number of fused-ring (bicyclic) bond motifs is 1. The molecule has 0 radical (unpaired) electrons. The van der Waals surface area contributed by atoms with Crippen LogP contribution in [-0.4, -0.2) is 20.9 Å². The van der Waals surface area contributed by atoms with Crippen molar-refractivity contribution in [2.75, 3.05) is 0 Å². The lowest BCUT2D eigenvalue weighted by atomic mass is 9.97. The van der Waals surface area contributed by atoms with Gasteiger partial charge >= 0.3 is 0 Å². The third-order valence-electron chi connectivity index (χ3n) is 5.17. The van der Waals surface area contributed by atoms with Crippen LogP contribution in [0.3, 0.4) is 0 Å². The van der Waals surface area contributed by atoms with Gasteiger partial charge in [-0.25, -0.2) is 0 Å². The summed E-state index contributed by atoms with van der Waals surface area (Å²) in [6.07, 6.45) is 2.60. The van der Waals surface area contributed by atoms with Gasteiger partial charge in [-0.3, -0.25) is 9.80 Å². The van der Waals surface area contributed by atoms with Crippen LogP contribution in [0.25, 0.3) is 10.8 Å². The molecule has 2 aliphatic heterocycles. The molecule has 5 rings (SSSR count). The van der Waals surface area contributed by atoms with Crippen LogP contribution >= 0.6 is 35.6 Å². The van der Waals surface area contributed by atoms with E-state index in [1.807, 2.05) is 47.6 Å². The summed E-state index contributed by atoms with van der Waals surface area (Å²) in [5.74, 6) is 0. The van der Waals surface area contributed by atoms with Crippen molar-refractivity contribution in [1.29, 1.82) is 0 Å². The molecule has 1 amide bonds. The zero-order valence-electron chi connectivity index (χ0n) is 15.7. The van der Waals surface area contributed by atoms with Gasteiger partial charge in [-0.2, -0.15) is 5.10 Å². The molecule has 7 heteroatoms. The summed E-state index contributed by atoms with van der Waals surface area (Å²) < 4.78 is 0. The summed E-state index contributed by atoms with van der Waals surface area (Å²) in [4.78, 5) is 12.8. The molecule has 1 N–H and O–H groups in total. The van der Waals surface area contributed by atoms with Gasteiger partial charge in [-0.15, -0.1) is 0 Å². The van der Waals surface area contributed by atoms with Gasteiger partial charge in [0.15, 0.2) is 0 Å². The fourth-order valence-electron chi connectivity index (χ4n) is 3.68. The van der Waals surface area contributed by atoms with E-state index in [2.05, 4.69) is 35.6 Å². The Balaban J connectivity index is 1.54. The Morgan fingerprint density at radius 1 is 1.10 bits per heavy atom. The molecule has 1 fully saturated rings. The number of nitrogens with zero attached hydrogens (tertiary/aromatic N) is 2. The first-order valence-electron chi connectivity index (χ1n) is 9.42. The Bertz CT molecular complexity index is 1240. The van der Waals surface area contributed by atoms with Gasteiger partial charge in [0, 0.05) is 17.6 Å². The van der Waals surface area contributed by atoms with Crippen LogP contribution < -0.4 is 5.32 Å². The largest absolute Gasteiger partial charge is 0.306 e. The summed E-state index contributed by atoms with van der Waals surface area (Å²) in [6, 6.07) is 22.5. The second-order valence-corrected chi connectivity index (χ2v) is 8.96. The number of benzene rings is 3. The number of hydrazone groups is 1. The zero-order chi connectivity index (χ0) is 20.7. The number of rotatable bonds is 3. The number of hydrogen-bond acceptors (Lipinski definition) is 5. The molecule has 0 aromatic heterocycles. The van der Waals surface area contributed by atoms with Crippen LogP contribution in [0.15, 0.2) is 82.9 Å². The maximum absolute atomic E-state index is 11.7. The standard InChI is InChI=1S/C23H16ClN3OS2/c24-18-9-7-15(8-10-18)20-12-19(17-6-5-14-3-1-2-4-16(14)11-17)26-27(20)13-21-22(29)25-23(28)30-21/h1-11,13,20H,12H2,(H,25,28,29)/b21-13-. The van der Waals surface area contributed by atoms with Crippen molar-refractivity contribution in [1.82, 2.24) is 10.3 Å². The van der Waals surface area contributed by atoms with Gasteiger partial charge in [0.05, 0.1) is 16.7 Å². The molecule has 2 aliphatic rings. The molecule has 30 heavy (non-hydrogen) atoms. The SMILES string of the molecule is O=C1NC(=S)/C(=C/N2N=C(c3ccc4ccccc4c3)CC2c2ccc(Cl)cc2)S1. The molecular weight excluding hydrogens is 434 g/mol. The van der Waals surface area contributed by atoms with E-state index < -0.39 is 0 Å². The van der Waals surface area contributed by atoms with E-state index in [4.69, 9.17) is 28.9 Å². The van der Waals surface area contributed by atoms with E-state index >= 15 is 0 Å². The fraction of sp³-hybridized carbons (Fsp3) is 0.0870. The zero-order valence-corrected chi connectivity index (χ0v) is 18.1. The minimum atomic E-state index is -0.160. The predicted molar refractivity (Wildman–Crippen MR) is 128 cm³/mol. The highest BCUT2D eigenvalue weighted by atomic mass is 35.5. The first-order valence-corrected chi connectivity index (χ1v) is 11.0. The predicted octanol–water partition coefficient (Wildman–Crippen LogP) is 6.27. The van der Waals surface area contributed by atoms with Crippen molar-refractivity contribution in [2.45, 2.75) is 12.5 Å². The number of halogens is 1. The number of thioether (sulfide) groups is 1. The molecule has 0 saturated carbocycles. The number of carbonyl (C=O) groups is 1. The number of hydrogen-bond donors (Lipinski definition) is 1. The van der Waals surface area contributed by atoms with E-state index in [0.29, 0.717) is 14.9 Å². The highest BCUT2D eigenvalue weighted by molar-refractivity contribution is 8.19. The van der Waals surface area contributed by atoms with Gasteiger partial charge in [0.1, 0.15) is 4.99 Å². The second-order valence-electron chi connectivity index (χ2n) is 7.10. The Labute approximate surface area is 188 Å². The Morgan fingerprint density at radius 2 is 1.87 bits per heavy atom. The van der Waals surface area contributed by atoms with Crippen LogP contribution in [0.5, 0.6) is 0 Å². The van der Waals surface area contributed by atoms with E-state index in [0.717, 1.165) is 35.0 Å². The lowest BCUT2D eigenvalue weighted by Gasteiger charge is -2.20. The van der Waals surface area contributed by atoms with Crippen LogP contribution in [-0.2, 0) is 0 Å². The molecule has 3 aromatic carbocycles. The number of carbonyl (C=O) groups excluding carboxylic acids is 1. The van der Waals surface area contributed by atoms with Crippen molar-refractivity contribution in [3.63, 3.8) is 0 Å². The number of thiocarbonyl (C=S) groups is 1. The Hall–Kier alpha value is -2.67. The van der Waals surface area contributed by atoms with Crippen molar-refractivity contribution in [2.24, 2.45) is 5.10 Å². The summed E-state index contributed by atoms with van der Waals surface area (Å²) in [5.41, 5.74) is 3.18. The Morgan fingerprint density at radius 3 is 2.60 bits per heavy atom. The van der Waals surface area contributed by atoms with Gasteiger partial charge in [-0.05, 0) is 51.9 Å². The monoisotopic (exact) mass is 449 g/mol. The molecule has 1 unspecified atom stereocenters. The van der Waals surface area contributed by atoms with E-state index in [9.17, 15) is 4.79 Å². The smallest absolute Gasteiger partial charge is 0.289 e. The van der Waals surface area contributed by atoms with Crippen molar-refractivity contribution in [3.05, 3.63) is 94.0 Å². The molecule has 3 aromatic rings. The first kappa shape index (κ1) is 19.3. The van der Waals surface area contributed by atoms with Crippen molar-refractivity contribution < 1.29 is 4.79 Å². The molecule has 2 heterocycles. The summed E-state index contributed by atoms with van der Waals surface area (Å²) in [7, 11) is 0. The number of nitrogens with one attached hydrogen (secondary N) is 1. The molecule has 148 valence electrons. The normalized spacial score (nSPS) is 20.2. The summed E-state index contributed by atoms with van der Waals surface area (Å²) >= 11 is 12.5. The lowest BCUT2D eigenvalue weighted by Crippen LogP contribution is -2.18. The van der Waals surface area contributed by atoms with Gasteiger partial charge in [-0.1, -0.05) is 72.3 Å². The van der Waals surface area contributed by atoms with Crippen LogP contribution in [0.4, 0.5) is 4.79 Å². The maximum Gasteiger partial charge on any atom is 0.289 e. The molecule has 1 atom stereocenters. The minimum Gasteiger partial charge on any atom is -0.306 e. The third-order valence-corrected chi connectivity index (χ3v) is 6.69. The highest BCUT2D eigenvalue weighted by Gasteiger charge is 2.30. The van der Waals surface area contributed by atoms with Crippen molar-refractivity contribution in [3.8, 4) is 0 Å². The lowest BCUT2D eigenvalue weighted by molar-refractivity contribution is 0.265. The summed E-state index contributed by atoms with van der Waals surface area (Å²) in [6.45, 7) is 0. The fourth-order valence-corrected chi connectivity index (χ4v) is 4.79. The average Bonchev–Trinajstić information content (AvgIpc) is 3.31. The van der Waals surface area contributed by atoms with Crippen molar-refractivity contribution >= 4 is 62.3 Å². The van der Waals surface area contributed by atoms with Crippen LogP contribution in [0.2, 0.25) is 5.02 Å². The minimum absolute atomic E-state index is 0.00432. The molecule has 0 spiro atoms. The first-order chi connectivity index (χ1) is 14.6. The third kappa shape index (κ3) is 3.74. The van der Waals surface area contributed by atoms with E-state index in [1.54, 1.807) is 0 Å². The molecule has 0 bridgehead atoms. The van der Waals surface area contributed by atoms with Crippen LogP contribution in [0, 0.1) is 0 Å². The van der Waals surface area contributed by atoms with Crippen LogP contribution in [0.1, 0.15) is 23.6 Å². The van der Waals surface area contributed by atoms with E-state index in [1.165, 1.54) is 10.8 Å². The van der Waals surface area contributed by atoms with Gasteiger partial charge in [0.25, 0.3) is 5.24 Å². The molecule has 4 nitrogen and oxygen atoms in total. The molecule has 0 aliphatic carbocycles. The Kier molecular flexibility index (Phi) is 5.06. The van der Waals surface area contributed by atoms with Gasteiger partial charge < -0.3 is 5.32 Å². The second kappa shape index (κ2) is 7.87. The maximum atomic E-state index is 11.7. The summed E-state index contributed by atoms with van der Waals surface area (Å²) in [5, 5.41) is 12.4. The highest BCUT2D eigenvalue weighted by Crippen LogP contribution is 2.36. The van der Waals surface area contributed by atoms with Gasteiger partial charge in [0.2, 0.25) is 0 Å². The average molecular weight is 450 g/mol. The molecule has 1 saturated heterocycles. The van der Waals surface area contributed by atoms with E-state index in [-0.39, 0.29) is 11.3 Å².